The monoisotopic (exact) mass is 274 g/mol. The number of nitrogens with zero attached hydrogens (tertiary/aromatic N) is 1. The predicted molar refractivity (Wildman–Crippen MR) is 74.1 cm³/mol. The first-order valence-corrected chi connectivity index (χ1v) is 8.97. The largest absolute Gasteiger partial charge is 0.314 e. The smallest absolute Gasteiger partial charge is 0.214 e. The molecule has 5 heteroatoms. The van der Waals surface area contributed by atoms with Crippen LogP contribution in [0.5, 0.6) is 0 Å². The van der Waals surface area contributed by atoms with Gasteiger partial charge in [0.05, 0.1) is 5.75 Å². The Morgan fingerprint density at radius 1 is 1.22 bits per heavy atom. The standard InChI is InChI=1S/C13H26N2O2S/c1-2-10-15(13-6-7-13)18(16,17)11-8-12-5-3-4-9-14-12/h12-14H,2-11H2,1H3. The molecule has 2 fully saturated rings. The molecule has 1 unspecified atom stereocenters. The number of piperidine rings is 1. The van der Waals surface area contributed by atoms with Crippen LogP contribution in [-0.2, 0) is 10.0 Å². The van der Waals surface area contributed by atoms with Gasteiger partial charge in [0, 0.05) is 18.6 Å². The molecule has 0 aromatic rings. The maximum atomic E-state index is 12.3. The summed E-state index contributed by atoms with van der Waals surface area (Å²) < 4.78 is 26.4. The second-order valence-electron chi connectivity index (χ2n) is 5.59. The number of hydrogen-bond acceptors (Lipinski definition) is 3. The van der Waals surface area contributed by atoms with E-state index in [0.717, 1.165) is 38.6 Å². The lowest BCUT2D eigenvalue weighted by Gasteiger charge is -2.26. The van der Waals surface area contributed by atoms with Gasteiger partial charge in [-0.2, -0.15) is 4.31 Å². The SMILES string of the molecule is CCCN(C1CC1)S(=O)(=O)CCC1CCCCN1. The highest BCUT2D eigenvalue weighted by atomic mass is 32.2. The third-order valence-corrected chi connectivity index (χ3v) is 5.84. The van der Waals surface area contributed by atoms with E-state index in [1.807, 2.05) is 6.92 Å². The van der Waals surface area contributed by atoms with Crippen LogP contribution in [0.25, 0.3) is 0 Å². The zero-order valence-electron chi connectivity index (χ0n) is 11.4. The molecular formula is C13H26N2O2S. The average molecular weight is 274 g/mol. The van der Waals surface area contributed by atoms with E-state index in [1.54, 1.807) is 4.31 Å². The number of nitrogens with one attached hydrogen (secondary N) is 1. The van der Waals surface area contributed by atoms with Crippen molar-refractivity contribution < 1.29 is 8.42 Å². The van der Waals surface area contributed by atoms with Crippen molar-refractivity contribution in [2.75, 3.05) is 18.8 Å². The molecule has 0 aromatic heterocycles. The molecule has 2 aliphatic rings. The Kier molecular flexibility index (Phi) is 5.04. The van der Waals surface area contributed by atoms with Crippen molar-refractivity contribution in [1.82, 2.24) is 9.62 Å². The summed E-state index contributed by atoms with van der Waals surface area (Å²) in [7, 11) is -3.03. The van der Waals surface area contributed by atoms with Crippen molar-refractivity contribution in [2.24, 2.45) is 0 Å². The zero-order chi connectivity index (χ0) is 13.0. The first-order valence-electron chi connectivity index (χ1n) is 7.36. The van der Waals surface area contributed by atoms with E-state index in [1.165, 1.54) is 12.8 Å². The fraction of sp³-hybridized carbons (Fsp3) is 1.00. The van der Waals surface area contributed by atoms with Gasteiger partial charge < -0.3 is 5.32 Å². The first kappa shape index (κ1) is 14.3. The molecule has 4 nitrogen and oxygen atoms in total. The molecule has 1 aliphatic carbocycles. The van der Waals surface area contributed by atoms with Crippen LogP contribution in [0.15, 0.2) is 0 Å². The van der Waals surface area contributed by atoms with Crippen LogP contribution in [0, 0.1) is 0 Å². The van der Waals surface area contributed by atoms with Gasteiger partial charge in [-0.05, 0) is 45.1 Å². The van der Waals surface area contributed by atoms with Gasteiger partial charge in [-0.3, -0.25) is 0 Å². The molecule has 1 heterocycles. The summed E-state index contributed by atoms with van der Waals surface area (Å²) in [5.41, 5.74) is 0. The van der Waals surface area contributed by atoms with Gasteiger partial charge in [-0.15, -0.1) is 0 Å². The summed E-state index contributed by atoms with van der Waals surface area (Å²) >= 11 is 0. The van der Waals surface area contributed by atoms with E-state index >= 15 is 0 Å². The normalized spacial score (nSPS) is 25.6. The second kappa shape index (κ2) is 6.35. The topological polar surface area (TPSA) is 49.4 Å². The lowest BCUT2D eigenvalue weighted by atomic mass is 10.0. The average Bonchev–Trinajstić information content (AvgIpc) is 3.19. The van der Waals surface area contributed by atoms with Crippen molar-refractivity contribution in [3.05, 3.63) is 0 Å². The van der Waals surface area contributed by atoms with Crippen LogP contribution < -0.4 is 5.32 Å². The van der Waals surface area contributed by atoms with E-state index in [0.29, 0.717) is 24.4 Å². The number of hydrogen-bond donors (Lipinski definition) is 1. The van der Waals surface area contributed by atoms with Crippen LogP contribution in [0.2, 0.25) is 0 Å². The molecule has 1 saturated carbocycles. The van der Waals surface area contributed by atoms with Crippen LogP contribution in [0.3, 0.4) is 0 Å². The maximum Gasteiger partial charge on any atom is 0.214 e. The molecular weight excluding hydrogens is 248 g/mol. The molecule has 0 spiro atoms. The molecule has 0 amide bonds. The third-order valence-electron chi connectivity index (χ3n) is 3.89. The predicted octanol–water partition coefficient (Wildman–Crippen LogP) is 1.72. The molecule has 106 valence electrons. The van der Waals surface area contributed by atoms with E-state index in [2.05, 4.69) is 5.32 Å². The highest BCUT2D eigenvalue weighted by Gasteiger charge is 2.36. The van der Waals surface area contributed by atoms with E-state index in [-0.39, 0.29) is 0 Å². The summed E-state index contributed by atoms with van der Waals surface area (Å²) in [6.45, 7) is 3.80. The molecule has 1 N–H and O–H groups in total. The molecule has 0 bridgehead atoms. The lowest BCUT2D eigenvalue weighted by molar-refractivity contribution is 0.378. The Morgan fingerprint density at radius 3 is 2.56 bits per heavy atom. The molecule has 0 radical (unpaired) electrons. The highest BCUT2D eigenvalue weighted by molar-refractivity contribution is 7.89. The van der Waals surface area contributed by atoms with Gasteiger partial charge in [-0.1, -0.05) is 13.3 Å². The van der Waals surface area contributed by atoms with E-state index in [4.69, 9.17) is 0 Å². The van der Waals surface area contributed by atoms with Gasteiger partial charge in [0.25, 0.3) is 0 Å². The Labute approximate surface area is 111 Å². The summed E-state index contributed by atoms with van der Waals surface area (Å²) in [4.78, 5) is 0. The fourth-order valence-corrected chi connectivity index (χ4v) is 4.65. The molecule has 18 heavy (non-hydrogen) atoms. The van der Waals surface area contributed by atoms with Crippen molar-refractivity contribution in [3.8, 4) is 0 Å². The molecule has 2 rings (SSSR count). The van der Waals surface area contributed by atoms with Crippen LogP contribution in [0.4, 0.5) is 0 Å². The van der Waals surface area contributed by atoms with Crippen LogP contribution >= 0.6 is 0 Å². The van der Waals surface area contributed by atoms with Crippen LogP contribution in [0.1, 0.15) is 51.9 Å². The quantitative estimate of drug-likeness (QED) is 0.769. The van der Waals surface area contributed by atoms with Crippen molar-refractivity contribution in [1.29, 1.82) is 0 Å². The van der Waals surface area contributed by atoms with Crippen molar-refractivity contribution in [3.63, 3.8) is 0 Å². The Bertz CT molecular complexity index is 346. The molecule has 1 saturated heterocycles. The van der Waals surface area contributed by atoms with Crippen molar-refractivity contribution >= 4 is 10.0 Å². The summed E-state index contributed by atoms with van der Waals surface area (Å²) in [6, 6.07) is 0.727. The minimum absolute atomic E-state index is 0.314. The summed E-state index contributed by atoms with van der Waals surface area (Å²) in [5.74, 6) is 0.321. The van der Waals surface area contributed by atoms with Crippen molar-refractivity contribution in [2.45, 2.75) is 64.0 Å². The van der Waals surface area contributed by atoms with E-state index < -0.39 is 10.0 Å². The van der Waals surface area contributed by atoms with Gasteiger partial charge in [0.2, 0.25) is 10.0 Å². The van der Waals surface area contributed by atoms with E-state index in [9.17, 15) is 8.42 Å². The molecule has 0 aromatic carbocycles. The second-order valence-corrected chi connectivity index (χ2v) is 7.63. The number of rotatable bonds is 7. The fourth-order valence-electron chi connectivity index (χ4n) is 2.71. The summed E-state index contributed by atoms with van der Waals surface area (Å²) in [5, 5.41) is 3.42. The first-order chi connectivity index (χ1) is 8.63. The zero-order valence-corrected chi connectivity index (χ0v) is 12.2. The maximum absolute atomic E-state index is 12.3. The van der Waals surface area contributed by atoms with Gasteiger partial charge in [0.15, 0.2) is 0 Å². The van der Waals surface area contributed by atoms with Gasteiger partial charge >= 0.3 is 0 Å². The summed E-state index contributed by atoms with van der Waals surface area (Å²) in [6.07, 6.45) is 7.40. The Morgan fingerprint density at radius 2 is 2.00 bits per heavy atom. The number of sulfonamides is 1. The molecule has 1 aliphatic heterocycles. The lowest BCUT2D eigenvalue weighted by Crippen LogP contribution is -2.39. The highest BCUT2D eigenvalue weighted by Crippen LogP contribution is 2.30. The van der Waals surface area contributed by atoms with Gasteiger partial charge in [0.1, 0.15) is 0 Å². The molecule has 1 atom stereocenters. The third kappa shape index (κ3) is 3.93. The Balaban J connectivity index is 1.84. The van der Waals surface area contributed by atoms with Gasteiger partial charge in [-0.25, -0.2) is 8.42 Å². The van der Waals surface area contributed by atoms with Crippen LogP contribution in [-0.4, -0.2) is 43.6 Å². The Hall–Kier alpha value is -0.130. The minimum Gasteiger partial charge on any atom is -0.314 e. The minimum atomic E-state index is -3.03.